The zero-order valence-corrected chi connectivity index (χ0v) is 13.4. The first-order valence-electron chi connectivity index (χ1n) is 7.90. The molecule has 2 rings (SSSR count). The van der Waals surface area contributed by atoms with Crippen molar-refractivity contribution >= 4 is 0 Å². The molecule has 21 heavy (non-hydrogen) atoms. The van der Waals surface area contributed by atoms with Gasteiger partial charge in [-0.3, -0.25) is 4.90 Å². The Morgan fingerprint density at radius 1 is 1.48 bits per heavy atom. The van der Waals surface area contributed by atoms with E-state index in [-0.39, 0.29) is 18.0 Å². The summed E-state index contributed by atoms with van der Waals surface area (Å²) >= 11 is 0. The number of hydrogen-bond acceptors (Lipinski definition) is 3. The van der Waals surface area contributed by atoms with Gasteiger partial charge in [-0.2, -0.15) is 0 Å². The number of halogens is 1. The first-order valence-corrected chi connectivity index (χ1v) is 7.90. The molecule has 0 bridgehead atoms. The highest BCUT2D eigenvalue weighted by molar-refractivity contribution is 5.27. The quantitative estimate of drug-likeness (QED) is 0.872. The van der Waals surface area contributed by atoms with Crippen LogP contribution in [0.5, 0.6) is 0 Å². The molecule has 2 unspecified atom stereocenters. The van der Waals surface area contributed by atoms with Crippen LogP contribution in [0.25, 0.3) is 0 Å². The third-order valence-corrected chi connectivity index (χ3v) is 4.28. The van der Waals surface area contributed by atoms with E-state index in [1.54, 1.807) is 12.1 Å². The molecule has 118 valence electrons. The second-order valence-corrected chi connectivity index (χ2v) is 5.88. The van der Waals surface area contributed by atoms with E-state index in [2.05, 4.69) is 17.1 Å². The van der Waals surface area contributed by atoms with Crippen LogP contribution in [0.4, 0.5) is 4.39 Å². The van der Waals surface area contributed by atoms with E-state index in [1.165, 1.54) is 12.0 Å². The van der Waals surface area contributed by atoms with Crippen LogP contribution in [-0.2, 0) is 11.2 Å². The van der Waals surface area contributed by atoms with E-state index in [1.807, 2.05) is 20.0 Å². The third-order valence-electron chi connectivity index (χ3n) is 4.28. The summed E-state index contributed by atoms with van der Waals surface area (Å²) in [5, 5.41) is 3.38. The van der Waals surface area contributed by atoms with E-state index in [4.69, 9.17) is 4.74 Å². The van der Waals surface area contributed by atoms with Gasteiger partial charge in [-0.05, 0) is 56.6 Å². The molecule has 0 amide bonds. The summed E-state index contributed by atoms with van der Waals surface area (Å²) in [5.41, 5.74) is 2.20. The maximum atomic E-state index is 13.2. The van der Waals surface area contributed by atoms with Gasteiger partial charge < -0.3 is 10.1 Å². The summed E-state index contributed by atoms with van der Waals surface area (Å²) in [5.74, 6) is -0.166. The zero-order chi connectivity index (χ0) is 15.2. The van der Waals surface area contributed by atoms with Gasteiger partial charge in [0.05, 0.1) is 12.7 Å². The van der Waals surface area contributed by atoms with E-state index < -0.39 is 0 Å². The maximum Gasteiger partial charge on any atom is 0.123 e. The molecule has 1 N–H and O–H groups in total. The summed E-state index contributed by atoms with van der Waals surface area (Å²) in [6.45, 7) is 8.10. The maximum absolute atomic E-state index is 13.2. The van der Waals surface area contributed by atoms with Gasteiger partial charge in [-0.25, -0.2) is 4.39 Å². The van der Waals surface area contributed by atoms with Gasteiger partial charge in [-0.15, -0.1) is 0 Å². The van der Waals surface area contributed by atoms with Crippen molar-refractivity contribution in [3.05, 3.63) is 35.1 Å². The average Bonchev–Trinajstić information content (AvgIpc) is 2.47. The fraction of sp³-hybridized carbons (Fsp3) is 0.647. The Hall–Kier alpha value is -0.970. The zero-order valence-electron chi connectivity index (χ0n) is 13.4. The number of morpholine rings is 1. The van der Waals surface area contributed by atoms with Crippen LogP contribution in [0.1, 0.15) is 24.5 Å². The predicted octanol–water partition coefficient (Wildman–Crippen LogP) is 2.38. The van der Waals surface area contributed by atoms with Crippen LogP contribution >= 0.6 is 0 Å². The fourth-order valence-electron chi connectivity index (χ4n) is 3.04. The largest absolute Gasteiger partial charge is 0.374 e. The van der Waals surface area contributed by atoms with Crippen molar-refractivity contribution in [3.8, 4) is 0 Å². The summed E-state index contributed by atoms with van der Waals surface area (Å²) in [7, 11) is 1.98. The SMILES string of the molecule is CCCN1CCOC(C(Cc2ccc(F)cc2C)NC)C1. The van der Waals surface area contributed by atoms with Crippen molar-refractivity contribution in [1.29, 1.82) is 0 Å². The van der Waals surface area contributed by atoms with E-state index in [0.29, 0.717) is 0 Å². The van der Waals surface area contributed by atoms with Gasteiger partial charge in [0.15, 0.2) is 0 Å². The highest BCUT2D eigenvalue weighted by Crippen LogP contribution is 2.17. The smallest absolute Gasteiger partial charge is 0.123 e. The van der Waals surface area contributed by atoms with E-state index >= 15 is 0 Å². The molecule has 0 radical (unpaired) electrons. The number of nitrogens with zero attached hydrogens (tertiary/aromatic N) is 1. The van der Waals surface area contributed by atoms with Crippen LogP contribution in [0, 0.1) is 12.7 Å². The predicted molar refractivity (Wildman–Crippen MR) is 84.2 cm³/mol. The number of aryl methyl sites for hydroxylation is 1. The molecule has 4 heteroatoms. The van der Waals surface area contributed by atoms with Crippen molar-refractivity contribution in [2.24, 2.45) is 0 Å². The first-order chi connectivity index (χ1) is 10.1. The minimum atomic E-state index is -0.166. The lowest BCUT2D eigenvalue weighted by Crippen LogP contribution is -2.52. The number of rotatable bonds is 6. The Kier molecular flexibility index (Phi) is 6.15. The normalized spacial score (nSPS) is 21.4. The molecule has 0 aromatic heterocycles. The molecule has 1 aliphatic heterocycles. The average molecular weight is 294 g/mol. The van der Waals surface area contributed by atoms with Gasteiger partial charge >= 0.3 is 0 Å². The molecule has 0 spiro atoms. The lowest BCUT2D eigenvalue weighted by molar-refractivity contribution is -0.0450. The Balaban J connectivity index is 2.01. The number of ether oxygens (including phenoxy) is 1. The summed E-state index contributed by atoms with van der Waals surface area (Å²) < 4.78 is 19.2. The summed E-state index contributed by atoms with van der Waals surface area (Å²) in [6, 6.07) is 5.29. The van der Waals surface area contributed by atoms with Crippen LogP contribution in [-0.4, -0.2) is 50.3 Å². The van der Waals surface area contributed by atoms with Gasteiger partial charge in [0.2, 0.25) is 0 Å². The topological polar surface area (TPSA) is 24.5 Å². The first kappa shape index (κ1) is 16.4. The van der Waals surface area contributed by atoms with Crippen molar-refractivity contribution in [2.75, 3.05) is 33.3 Å². The number of nitrogens with one attached hydrogen (secondary N) is 1. The molecule has 1 aliphatic rings. The van der Waals surface area contributed by atoms with Crippen LogP contribution in [0.15, 0.2) is 18.2 Å². The fourth-order valence-corrected chi connectivity index (χ4v) is 3.04. The summed E-state index contributed by atoms with van der Waals surface area (Å²) in [4.78, 5) is 2.47. The number of hydrogen-bond donors (Lipinski definition) is 1. The van der Waals surface area contributed by atoms with Gasteiger partial charge in [0.25, 0.3) is 0 Å². The van der Waals surface area contributed by atoms with E-state index in [0.717, 1.165) is 38.2 Å². The van der Waals surface area contributed by atoms with Crippen LogP contribution in [0.3, 0.4) is 0 Å². The minimum Gasteiger partial charge on any atom is -0.374 e. The molecule has 1 aromatic rings. The molecule has 2 atom stereocenters. The molecule has 3 nitrogen and oxygen atoms in total. The van der Waals surface area contributed by atoms with Crippen LogP contribution in [0.2, 0.25) is 0 Å². The molecule has 1 heterocycles. The lowest BCUT2D eigenvalue weighted by Gasteiger charge is -2.37. The standard InChI is InChI=1S/C17H27FN2O/c1-4-7-20-8-9-21-17(12-20)16(19-3)11-14-5-6-15(18)10-13(14)2/h5-6,10,16-17,19H,4,7-9,11-12H2,1-3H3. The third kappa shape index (κ3) is 4.50. The van der Waals surface area contributed by atoms with Crippen molar-refractivity contribution in [1.82, 2.24) is 10.2 Å². The molecular weight excluding hydrogens is 267 g/mol. The van der Waals surface area contributed by atoms with E-state index in [9.17, 15) is 4.39 Å². The lowest BCUT2D eigenvalue weighted by atomic mass is 9.97. The monoisotopic (exact) mass is 294 g/mol. The highest BCUT2D eigenvalue weighted by Gasteiger charge is 2.27. The Morgan fingerprint density at radius 3 is 2.95 bits per heavy atom. The highest BCUT2D eigenvalue weighted by atomic mass is 19.1. The molecule has 0 saturated carbocycles. The minimum absolute atomic E-state index is 0.166. The molecule has 0 aliphatic carbocycles. The Labute approximate surface area is 127 Å². The van der Waals surface area contributed by atoms with Crippen LogP contribution < -0.4 is 5.32 Å². The Morgan fingerprint density at radius 2 is 2.29 bits per heavy atom. The number of benzene rings is 1. The summed E-state index contributed by atoms with van der Waals surface area (Å²) in [6.07, 6.45) is 2.24. The molecular formula is C17H27FN2O. The van der Waals surface area contributed by atoms with Gasteiger partial charge in [0.1, 0.15) is 5.82 Å². The van der Waals surface area contributed by atoms with Crippen molar-refractivity contribution in [2.45, 2.75) is 38.8 Å². The Bertz CT molecular complexity index is 450. The second-order valence-electron chi connectivity index (χ2n) is 5.88. The molecule has 1 saturated heterocycles. The van der Waals surface area contributed by atoms with Gasteiger partial charge in [-0.1, -0.05) is 13.0 Å². The molecule has 1 fully saturated rings. The van der Waals surface area contributed by atoms with Crippen molar-refractivity contribution in [3.63, 3.8) is 0 Å². The number of likely N-dealkylation sites (N-methyl/N-ethyl adjacent to an activating group) is 1. The van der Waals surface area contributed by atoms with Crippen molar-refractivity contribution < 1.29 is 9.13 Å². The second kappa shape index (κ2) is 7.87. The van der Waals surface area contributed by atoms with Gasteiger partial charge in [0, 0.05) is 19.1 Å². The molecule has 1 aromatic carbocycles.